The molecule has 1 aromatic carbocycles. The van der Waals surface area contributed by atoms with Gasteiger partial charge >= 0.3 is 0 Å². The van der Waals surface area contributed by atoms with Crippen LogP contribution in [-0.2, 0) is 0 Å². The summed E-state index contributed by atoms with van der Waals surface area (Å²) in [5, 5.41) is 7.20. The molecule has 0 saturated carbocycles. The zero-order valence-electron chi connectivity index (χ0n) is 11.5. The number of H-pyrrole nitrogens is 1. The minimum Gasteiger partial charge on any atom is -0.340 e. The monoisotopic (exact) mass is 353 g/mol. The topological polar surface area (TPSA) is 70.8 Å². The zero-order chi connectivity index (χ0) is 14.8. The summed E-state index contributed by atoms with van der Waals surface area (Å²) in [7, 11) is 0. The SMILES string of the molecule is NCC1CCN(c2n[nH]c(-c3ccc(F)cc3Br)n2)CC1. The van der Waals surface area contributed by atoms with Crippen LogP contribution >= 0.6 is 15.9 Å². The van der Waals surface area contributed by atoms with Gasteiger partial charge in [0.25, 0.3) is 0 Å². The number of rotatable bonds is 3. The van der Waals surface area contributed by atoms with Gasteiger partial charge in [-0.05, 0) is 59.4 Å². The molecule has 0 unspecified atom stereocenters. The Bertz CT molecular complexity index is 622. The van der Waals surface area contributed by atoms with Crippen LogP contribution in [0, 0.1) is 11.7 Å². The number of hydrogen-bond acceptors (Lipinski definition) is 4. The van der Waals surface area contributed by atoms with Gasteiger partial charge in [-0.3, -0.25) is 5.10 Å². The maximum Gasteiger partial charge on any atom is 0.245 e. The first-order chi connectivity index (χ1) is 10.2. The normalized spacial score (nSPS) is 16.4. The molecule has 1 fully saturated rings. The highest BCUT2D eigenvalue weighted by atomic mass is 79.9. The Morgan fingerprint density at radius 2 is 2.14 bits per heavy atom. The van der Waals surface area contributed by atoms with E-state index in [-0.39, 0.29) is 5.82 Å². The van der Waals surface area contributed by atoms with E-state index in [9.17, 15) is 4.39 Å². The smallest absolute Gasteiger partial charge is 0.245 e. The van der Waals surface area contributed by atoms with Crippen molar-refractivity contribution in [3.63, 3.8) is 0 Å². The second-order valence-electron chi connectivity index (χ2n) is 5.27. The van der Waals surface area contributed by atoms with Crippen LogP contribution in [0.4, 0.5) is 10.3 Å². The lowest BCUT2D eigenvalue weighted by Crippen LogP contribution is -2.36. The molecule has 3 N–H and O–H groups in total. The second kappa shape index (κ2) is 6.11. The van der Waals surface area contributed by atoms with Crippen LogP contribution in [0.15, 0.2) is 22.7 Å². The summed E-state index contributed by atoms with van der Waals surface area (Å²) in [6.07, 6.45) is 2.14. The molecule has 1 aliphatic rings. The molecule has 112 valence electrons. The molecule has 2 aromatic rings. The summed E-state index contributed by atoms with van der Waals surface area (Å²) in [4.78, 5) is 6.68. The van der Waals surface area contributed by atoms with Crippen molar-refractivity contribution in [1.82, 2.24) is 15.2 Å². The number of halogens is 2. The summed E-state index contributed by atoms with van der Waals surface area (Å²) >= 11 is 3.35. The minimum absolute atomic E-state index is 0.283. The number of piperidine rings is 1. The number of hydrogen-bond donors (Lipinski definition) is 2. The quantitative estimate of drug-likeness (QED) is 0.889. The van der Waals surface area contributed by atoms with Gasteiger partial charge in [-0.2, -0.15) is 4.98 Å². The van der Waals surface area contributed by atoms with Gasteiger partial charge in [-0.15, -0.1) is 5.10 Å². The molecule has 1 aliphatic heterocycles. The Balaban J connectivity index is 1.77. The van der Waals surface area contributed by atoms with Crippen molar-refractivity contribution in [2.24, 2.45) is 11.7 Å². The highest BCUT2D eigenvalue weighted by molar-refractivity contribution is 9.10. The van der Waals surface area contributed by atoms with Crippen molar-refractivity contribution in [2.75, 3.05) is 24.5 Å². The fourth-order valence-corrected chi connectivity index (χ4v) is 3.10. The van der Waals surface area contributed by atoms with E-state index in [4.69, 9.17) is 5.73 Å². The van der Waals surface area contributed by atoms with E-state index >= 15 is 0 Å². The number of benzene rings is 1. The second-order valence-corrected chi connectivity index (χ2v) is 6.13. The number of nitrogens with zero attached hydrogens (tertiary/aromatic N) is 3. The number of anilines is 1. The number of aromatic amines is 1. The zero-order valence-corrected chi connectivity index (χ0v) is 13.1. The molecule has 21 heavy (non-hydrogen) atoms. The van der Waals surface area contributed by atoms with E-state index in [2.05, 4.69) is 36.0 Å². The lowest BCUT2D eigenvalue weighted by atomic mass is 9.97. The maximum absolute atomic E-state index is 13.1. The summed E-state index contributed by atoms with van der Waals surface area (Å²) < 4.78 is 13.8. The van der Waals surface area contributed by atoms with Gasteiger partial charge in [0.1, 0.15) is 5.82 Å². The third-order valence-corrected chi connectivity index (χ3v) is 4.55. The summed E-state index contributed by atoms with van der Waals surface area (Å²) in [5.74, 6) is 1.65. The number of nitrogens with one attached hydrogen (secondary N) is 1. The Morgan fingerprint density at radius 1 is 1.38 bits per heavy atom. The first-order valence-electron chi connectivity index (χ1n) is 7.00. The molecule has 0 spiro atoms. The predicted molar refractivity (Wildman–Crippen MR) is 83.5 cm³/mol. The third-order valence-electron chi connectivity index (χ3n) is 3.89. The van der Waals surface area contributed by atoms with E-state index in [1.54, 1.807) is 6.07 Å². The Kier molecular flexibility index (Phi) is 4.21. The van der Waals surface area contributed by atoms with Crippen molar-refractivity contribution < 1.29 is 4.39 Å². The first kappa shape index (κ1) is 14.5. The summed E-state index contributed by atoms with van der Waals surface area (Å²) in [6.45, 7) is 2.59. The fraction of sp³-hybridized carbons (Fsp3) is 0.429. The van der Waals surface area contributed by atoms with Crippen molar-refractivity contribution in [3.05, 3.63) is 28.5 Å². The van der Waals surface area contributed by atoms with Crippen LogP contribution in [0.2, 0.25) is 0 Å². The standard InChI is InChI=1S/C14H17BrFN5/c15-12-7-10(16)1-2-11(12)13-18-14(20-19-13)21-5-3-9(8-17)4-6-21/h1-2,7,9H,3-6,8,17H2,(H,18,19,20). The molecule has 5 nitrogen and oxygen atoms in total. The van der Waals surface area contributed by atoms with Gasteiger partial charge < -0.3 is 10.6 Å². The van der Waals surface area contributed by atoms with E-state index < -0.39 is 0 Å². The van der Waals surface area contributed by atoms with Crippen LogP contribution in [-0.4, -0.2) is 34.8 Å². The largest absolute Gasteiger partial charge is 0.340 e. The molecule has 0 radical (unpaired) electrons. The lowest BCUT2D eigenvalue weighted by Gasteiger charge is -2.30. The first-order valence-corrected chi connectivity index (χ1v) is 7.79. The molecule has 7 heteroatoms. The van der Waals surface area contributed by atoms with Crippen molar-refractivity contribution >= 4 is 21.9 Å². The Morgan fingerprint density at radius 3 is 2.81 bits per heavy atom. The summed E-state index contributed by atoms with van der Waals surface area (Å²) in [6, 6.07) is 4.52. The maximum atomic E-state index is 13.1. The molecule has 0 bridgehead atoms. The van der Waals surface area contributed by atoms with Crippen LogP contribution in [0.25, 0.3) is 11.4 Å². The van der Waals surface area contributed by atoms with Gasteiger partial charge in [0.15, 0.2) is 5.82 Å². The lowest BCUT2D eigenvalue weighted by molar-refractivity contribution is 0.411. The van der Waals surface area contributed by atoms with Crippen LogP contribution in [0.5, 0.6) is 0 Å². The third kappa shape index (κ3) is 3.08. The molecule has 3 rings (SSSR count). The predicted octanol–water partition coefficient (Wildman–Crippen LogP) is 2.55. The van der Waals surface area contributed by atoms with Gasteiger partial charge in [0.2, 0.25) is 5.95 Å². The van der Waals surface area contributed by atoms with Crippen molar-refractivity contribution in [2.45, 2.75) is 12.8 Å². The van der Waals surface area contributed by atoms with Gasteiger partial charge in [0.05, 0.1) is 0 Å². The molecule has 1 saturated heterocycles. The average molecular weight is 354 g/mol. The van der Waals surface area contributed by atoms with Gasteiger partial charge in [-0.1, -0.05) is 0 Å². The summed E-state index contributed by atoms with van der Waals surface area (Å²) in [5.41, 5.74) is 6.50. The van der Waals surface area contributed by atoms with E-state index in [1.165, 1.54) is 12.1 Å². The van der Waals surface area contributed by atoms with Gasteiger partial charge in [0, 0.05) is 23.1 Å². The Hall–Kier alpha value is -1.47. The van der Waals surface area contributed by atoms with Crippen molar-refractivity contribution in [3.8, 4) is 11.4 Å². The molecule has 2 heterocycles. The minimum atomic E-state index is -0.283. The molecule has 0 atom stereocenters. The fourth-order valence-electron chi connectivity index (χ4n) is 2.57. The molecular formula is C14H17BrFN5. The van der Waals surface area contributed by atoms with Gasteiger partial charge in [-0.25, -0.2) is 4.39 Å². The number of nitrogens with two attached hydrogens (primary N) is 1. The van der Waals surface area contributed by atoms with E-state index in [0.717, 1.165) is 38.0 Å². The van der Waals surface area contributed by atoms with Crippen LogP contribution in [0.1, 0.15) is 12.8 Å². The molecule has 0 amide bonds. The molecular weight excluding hydrogens is 337 g/mol. The average Bonchev–Trinajstić information content (AvgIpc) is 2.97. The van der Waals surface area contributed by atoms with Crippen LogP contribution < -0.4 is 10.6 Å². The highest BCUT2D eigenvalue weighted by Gasteiger charge is 2.21. The number of aromatic nitrogens is 3. The van der Waals surface area contributed by atoms with Crippen LogP contribution in [0.3, 0.4) is 0 Å². The molecule has 0 aliphatic carbocycles. The van der Waals surface area contributed by atoms with E-state index in [0.29, 0.717) is 22.2 Å². The highest BCUT2D eigenvalue weighted by Crippen LogP contribution is 2.28. The van der Waals surface area contributed by atoms with E-state index in [1.807, 2.05) is 0 Å². The Labute approximate surface area is 130 Å². The molecule has 1 aromatic heterocycles. The van der Waals surface area contributed by atoms with Crippen molar-refractivity contribution in [1.29, 1.82) is 0 Å².